The molecule has 0 unspecified atom stereocenters. The number of nitrogens with one attached hydrogen (secondary N) is 3. The second-order valence-electron chi connectivity index (χ2n) is 25.4. The van der Waals surface area contributed by atoms with Gasteiger partial charge in [0.1, 0.15) is 24.7 Å². The van der Waals surface area contributed by atoms with Crippen molar-refractivity contribution in [1.29, 1.82) is 0 Å². The third-order valence-corrected chi connectivity index (χ3v) is 18.3. The second-order valence-corrected chi connectivity index (χ2v) is 25.4. The van der Waals surface area contributed by atoms with Crippen LogP contribution in [-0.2, 0) is 85.0 Å². The second kappa shape index (κ2) is 41.5. The summed E-state index contributed by atoms with van der Waals surface area (Å²) in [5.74, 6) is -1.76. The van der Waals surface area contributed by atoms with Crippen LogP contribution < -0.4 is 26.6 Å². The van der Waals surface area contributed by atoms with E-state index in [0.29, 0.717) is 189 Å². The van der Waals surface area contributed by atoms with Crippen LogP contribution in [0, 0.1) is 5.82 Å². The lowest BCUT2D eigenvalue weighted by atomic mass is 9.88. The molecule has 0 bridgehead atoms. The van der Waals surface area contributed by atoms with Gasteiger partial charge >= 0.3 is 5.97 Å². The largest absolute Gasteiger partial charge is 0.468 e. The smallest absolute Gasteiger partial charge is 0.325 e. The lowest BCUT2D eigenvalue weighted by molar-refractivity contribution is -0.141. The SMILES string of the molecule is COC(=O)CNC(=O)CN(C)C(=O)Cn1nc(C2CCN(C(=O)CCC(=O)NCCOCCOCCOCCOCCOCCOCCOCCOCCC(=O)N3CCC(c4ccc(Nc5nc(N6CCCCC6)cnc5C(N)=O)cc4)CC3)CC2)c2c(-c3cc4c(cnn4C)cc3F)cccc21. The predicted octanol–water partition coefficient (Wildman–Crippen LogP) is 4.63. The summed E-state index contributed by atoms with van der Waals surface area (Å²) in [6.07, 6.45) is 9.78. The Balaban J connectivity index is 0.529. The monoisotopic (exact) mass is 1430 g/mol. The van der Waals surface area contributed by atoms with Crippen molar-refractivity contribution >= 4 is 80.5 Å². The molecule has 103 heavy (non-hydrogen) atoms. The van der Waals surface area contributed by atoms with Gasteiger partial charge in [0.2, 0.25) is 29.5 Å². The number of fused-ring (bicyclic) bond motifs is 2. The Morgan fingerprint density at radius 3 is 1.79 bits per heavy atom. The van der Waals surface area contributed by atoms with Gasteiger partial charge in [-0.05, 0) is 92.3 Å². The third kappa shape index (κ3) is 24.1. The fourth-order valence-corrected chi connectivity index (χ4v) is 12.6. The predicted molar refractivity (Wildman–Crippen MR) is 379 cm³/mol. The third-order valence-electron chi connectivity index (χ3n) is 18.3. The number of nitrogens with two attached hydrogens (primary N) is 1. The molecule has 6 aromatic rings. The number of esters is 1. The molecule has 3 aromatic heterocycles. The van der Waals surface area contributed by atoms with Gasteiger partial charge in [-0.3, -0.25) is 42.9 Å². The number of hydrogen-bond acceptors (Lipinski definition) is 22. The quantitative estimate of drug-likeness (QED) is 0.0299. The van der Waals surface area contributed by atoms with Crippen LogP contribution >= 0.6 is 0 Å². The number of likely N-dealkylation sites (tertiary alicyclic amines) is 2. The first-order valence-corrected chi connectivity index (χ1v) is 35.6. The minimum atomic E-state index is -0.637. The minimum absolute atomic E-state index is 0.0163. The van der Waals surface area contributed by atoms with E-state index in [1.165, 1.54) is 37.1 Å². The summed E-state index contributed by atoms with van der Waals surface area (Å²) in [4.78, 5) is 105. The summed E-state index contributed by atoms with van der Waals surface area (Å²) < 4.78 is 68.6. The van der Waals surface area contributed by atoms with E-state index in [4.69, 9.17) is 53.7 Å². The number of rotatable bonds is 43. The highest BCUT2D eigenvalue weighted by Crippen LogP contribution is 2.40. The summed E-state index contributed by atoms with van der Waals surface area (Å²) >= 11 is 0. The van der Waals surface area contributed by atoms with E-state index >= 15 is 4.39 Å². The van der Waals surface area contributed by atoms with Crippen molar-refractivity contribution in [3.8, 4) is 11.1 Å². The van der Waals surface area contributed by atoms with Crippen LogP contribution in [0.3, 0.4) is 0 Å². The molecule has 3 aromatic carbocycles. The van der Waals surface area contributed by atoms with Gasteiger partial charge in [0, 0.05) is 101 Å². The van der Waals surface area contributed by atoms with E-state index in [0.717, 1.165) is 55.8 Å². The average molecular weight is 1440 g/mol. The van der Waals surface area contributed by atoms with Crippen LogP contribution in [0.1, 0.15) is 97.8 Å². The van der Waals surface area contributed by atoms with Gasteiger partial charge in [-0.1, -0.05) is 24.3 Å². The van der Waals surface area contributed by atoms with Gasteiger partial charge in [0.05, 0.1) is 155 Å². The highest BCUT2D eigenvalue weighted by atomic mass is 19.1. The summed E-state index contributed by atoms with van der Waals surface area (Å²) in [7, 11) is 4.46. The molecule has 0 spiro atoms. The molecular weight excluding hydrogens is 1340 g/mol. The number of likely N-dealkylation sites (N-methyl/N-ethyl adjacent to an activating group) is 1. The zero-order chi connectivity index (χ0) is 72.7. The van der Waals surface area contributed by atoms with E-state index in [-0.39, 0.29) is 75.0 Å². The molecule has 3 aliphatic rings. The van der Waals surface area contributed by atoms with E-state index in [1.807, 2.05) is 29.2 Å². The van der Waals surface area contributed by atoms with Crippen LogP contribution in [0.2, 0.25) is 0 Å². The van der Waals surface area contributed by atoms with Crippen molar-refractivity contribution in [2.75, 3.05) is 189 Å². The van der Waals surface area contributed by atoms with Gasteiger partial charge in [-0.15, -0.1) is 0 Å². The number of amides is 6. The Morgan fingerprint density at radius 1 is 0.621 bits per heavy atom. The van der Waals surface area contributed by atoms with Crippen molar-refractivity contribution in [2.24, 2.45) is 12.8 Å². The molecule has 6 heterocycles. The molecule has 0 atom stereocenters. The lowest BCUT2D eigenvalue weighted by Crippen LogP contribution is -2.41. The number of primary amides is 1. The molecule has 5 N–H and O–H groups in total. The molecule has 31 heteroatoms. The van der Waals surface area contributed by atoms with Crippen molar-refractivity contribution in [3.05, 3.63) is 89.8 Å². The van der Waals surface area contributed by atoms with Gasteiger partial charge in [0.15, 0.2) is 11.5 Å². The number of ether oxygens (including phenoxy) is 9. The highest BCUT2D eigenvalue weighted by Gasteiger charge is 2.31. The van der Waals surface area contributed by atoms with Crippen molar-refractivity contribution in [2.45, 2.75) is 82.6 Å². The molecule has 0 saturated carbocycles. The molecule has 3 saturated heterocycles. The maximum atomic E-state index is 16.0. The molecular formula is C72H99FN14O16. The Kier molecular flexibility index (Phi) is 31.5. The van der Waals surface area contributed by atoms with Crippen molar-refractivity contribution in [3.63, 3.8) is 0 Å². The fraction of sp³-hybridized carbons (Fsp3) is 0.569. The molecule has 9 rings (SSSR count). The van der Waals surface area contributed by atoms with E-state index in [2.05, 4.69) is 47.8 Å². The van der Waals surface area contributed by atoms with Crippen molar-refractivity contribution in [1.82, 2.24) is 54.9 Å². The topological polar surface area (TPSA) is 339 Å². The number of aromatic nitrogens is 6. The first-order chi connectivity index (χ1) is 50.1. The molecule has 560 valence electrons. The first-order valence-electron chi connectivity index (χ1n) is 35.6. The number of benzene rings is 3. The number of carbonyl (C=O) groups excluding carboxylic acids is 7. The number of halogens is 1. The van der Waals surface area contributed by atoms with Crippen LogP contribution in [0.4, 0.5) is 21.7 Å². The van der Waals surface area contributed by atoms with E-state index in [9.17, 15) is 33.6 Å². The standard InChI is InChI=1S/C72H99FN14O16/c1-82(49-63(89)76-48-67(93)95-3)66(92)50-87-59-9-7-8-56(57-45-60-54(44-58(57)73)46-78-83(60)2)68(59)69(81-87)53-18-26-85(27-19-53)64(90)15-14-62(88)75-21-29-97-31-33-99-35-37-101-39-41-103-43-42-102-40-38-100-36-34-98-32-30-96-28-20-65(91)86-24-16-52(17-25-86)51-10-12-55(13-11-51)79-72-70(71(74)94)77-47-61(80-72)84-22-5-4-6-23-84/h7-13,44-47,52-53H,4-6,14-43,48-50H2,1-3H3,(H2,74,94)(H,75,88)(H,76,89)(H,79,80). The normalized spacial score (nSPS) is 14.5. The molecule has 0 radical (unpaired) electrons. The number of hydrogen-bond donors (Lipinski definition) is 4. The number of anilines is 3. The van der Waals surface area contributed by atoms with Crippen LogP contribution in [0.15, 0.2) is 67.0 Å². The molecule has 30 nitrogen and oxygen atoms in total. The zero-order valence-corrected chi connectivity index (χ0v) is 59.4. The summed E-state index contributed by atoms with van der Waals surface area (Å²) in [5.41, 5.74) is 10.6. The Labute approximate surface area is 598 Å². The van der Waals surface area contributed by atoms with E-state index in [1.54, 1.807) is 45.8 Å². The summed E-state index contributed by atoms with van der Waals surface area (Å²) in [6.45, 7) is 9.61. The molecule has 3 fully saturated rings. The van der Waals surface area contributed by atoms with E-state index < -0.39 is 29.5 Å². The number of piperidine rings is 3. The maximum Gasteiger partial charge on any atom is 0.325 e. The molecule has 0 aliphatic carbocycles. The molecule has 6 amide bonds. The first kappa shape index (κ1) is 78.3. The number of methoxy groups -OCH3 is 1. The number of aryl methyl sites for hydroxylation is 1. The lowest BCUT2D eigenvalue weighted by Gasteiger charge is -2.32. The fourth-order valence-electron chi connectivity index (χ4n) is 12.6. The summed E-state index contributed by atoms with van der Waals surface area (Å²) in [5, 5.41) is 19.1. The maximum absolute atomic E-state index is 16.0. The zero-order valence-electron chi connectivity index (χ0n) is 59.4. The van der Waals surface area contributed by atoms with Crippen LogP contribution in [0.5, 0.6) is 0 Å². The van der Waals surface area contributed by atoms with Gasteiger partial charge < -0.3 is 83.9 Å². The number of carbonyl (C=O) groups is 7. The Hall–Kier alpha value is -8.82. The summed E-state index contributed by atoms with van der Waals surface area (Å²) in [6, 6.07) is 16.7. The minimum Gasteiger partial charge on any atom is -0.468 e. The Morgan fingerprint density at radius 2 is 1.19 bits per heavy atom. The van der Waals surface area contributed by atoms with Crippen molar-refractivity contribution < 1.29 is 80.6 Å². The van der Waals surface area contributed by atoms with Gasteiger partial charge in [0.25, 0.3) is 5.91 Å². The van der Waals surface area contributed by atoms with Gasteiger partial charge in [-0.2, -0.15) is 10.2 Å². The number of nitrogens with zero attached hydrogens (tertiary/aromatic N) is 10. The molecule has 3 aliphatic heterocycles. The highest BCUT2D eigenvalue weighted by molar-refractivity contribution is 6.00. The average Bonchev–Trinajstić information content (AvgIpc) is 1.62. The van der Waals surface area contributed by atoms with Crippen LogP contribution in [0.25, 0.3) is 32.9 Å². The van der Waals surface area contributed by atoms with Gasteiger partial charge in [-0.25, -0.2) is 14.4 Å². The Bertz CT molecular complexity index is 3720. The van der Waals surface area contributed by atoms with Crippen LogP contribution in [-0.4, -0.2) is 264 Å².